The highest BCUT2D eigenvalue weighted by atomic mass is 14.1. The van der Waals surface area contributed by atoms with Crippen LogP contribution in [-0.4, -0.2) is 0 Å². The van der Waals surface area contributed by atoms with Crippen molar-refractivity contribution in [2.24, 2.45) is 5.92 Å². The van der Waals surface area contributed by atoms with Gasteiger partial charge in [-0.25, -0.2) is 0 Å². The lowest BCUT2D eigenvalue weighted by Crippen LogP contribution is -1.98. The molecule has 1 atom stereocenters. The molecule has 0 heteroatoms. The quantitative estimate of drug-likeness (QED) is 0.550. The first-order chi connectivity index (χ1) is 9.02. The van der Waals surface area contributed by atoms with E-state index in [0.29, 0.717) is 0 Å². The topological polar surface area (TPSA) is 0 Å². The molecule has 0 amide bonds. The highest BCUT2D eigenvalue weighted by Crippen LogP contribution is 2.26. The van der Waals surface area contributed by atoms with Gasteiger partial charge >= 0.3 is 0 Å². The van der Waals surface area contributed by atoms with Crippen molar-refractivity contribution in [2.45, 2.75) is 80.6 Å². The van der Waals surface area contributed by atoms with Gasteiger partial charge in [-0.15, -0.1) is 0 Å². The summed E-state index contributed by atoms with van der Waals surface area (Å²) in [6.45, 7) is 17.3. The molecular formula is C19H36. The van der Waals surface area contributed by atoms with Crippen molar-refractivity contribution >= 4 is 0 Å². The summed E-state index contributed by atoms with van der Waals surface area (Å²) in [4.78, 5) is 0. The zero-order valence-electron chi connectivity index (χ0n) is 14.6. The maximum absolute atomic E-state index is 2.28. The molecule has 0 saturated carbocycles. The van der Waals surface area contributed by atoms with Crippen molar-refractivity contribution in [3.8, 4) is 0 Å². The Kier molecular flexibility index (Phi) is 14.8. The predicted octanol–water partition coefficient (Wildman–Crippen LogP) is 6.98. The minimum Gasteiger partial charge on any atom is -0.0683 e. The van der Waals surface area contributed by atoms with Crippen LogP contribution in [0.25, 0.3) is 0 Å². The van der Waals surface area contributed by atoms with Crippen LogP contribution in [0.15, 0.2) is 24.3 Å². The molecule has 0 radical (unpaired) electrons. The van der Waals surface area contributed by atoms with Crippen LogP contribution in [0.1, 0.15) is 84.8 Å². The number of hydrogen-bond acceptors (Lipinski definition) is 0. The van der Waals surface area contributed by atoms with Crippen LogP contribution < -0.4 is 0 Å². The van der Waals surface area contributed by atoms with Gasteiger partial charge in [0.2, 0.25) is 0 Å². The molecule has 1 unspecified atom stereocenters. The number of hydrogen-bond donors (Lipinski definition) is 0. The zero-order valence-corrected chi connectivity index (χ0v) is 14.6. The summed E-state index contributed by atoms with van der Waals surface area (Å²) in [5.41, 5.74) is 3.00. The van der Waals surface area contributed by atoms with E-state index in [1.165, 1.54) is 24.8 Å². The fourth-order valence-electron chi connectivity index (χ4n) is 1.97. The molecule has 1 aromatic rings. The molecular weight excluding hydrogens is 228 g/mol. The normalized spacial score (nSPS) is 11.0. The first-order valence-electron chi connectivity index (χ1n) is 8.08. The number of benzene rings is 1. The van der Waals surface area contributed by atoms with Crippen LogP contribution in [-0.2, 0) is 0 Å². The van der Waals surface area contributed by atoms with Gasteiger partial charge in [0.1, 0.15) is 0 Å². The Morgan fingerprint density at radius 3 is 1.79 bits per heavy atom. The van der Waals surface area contributed by atoms with Gasteiger partial charge in [0.05, 0.1) is 0 Å². The van der Waals surface area contributed by atoms with Crippen LogP contribution in [0.2, 0.25) is 0 Å². The lowest BCUT2D eigenvalue weighted by molar-refractivity contribution is 0.593. The third-order valence-corrected chi connectivity index (χ3v) is 2.76. The van der Waals surface area contributed by atoms with Crippen LogP contribution in [0.3, 0.4) is 0 Å². The lowest BCUT2D eigenvalue weighted by Gasteiger charge is -2.16. The Hall–Kier alpha value is -0.780. The van der Waals surface area contributed by atoms with E-state index in [0.717, 1.165) is 11.8 Å². The van der Waals surface area contributed by atoms with Gasteiger partial charge in [-0.05, 0) is 42.7 Å². The van der Waals surface area contributed by atoms with Crippen molar-refractivity contribution in [3.05, 3.63) is 35.4 Å². The molecule has 0 aromatic heterocycles. The molecule has 0 fully saturated rings. The Bertz CT molecular complexity index is 283. The standard InChI is InChI=1S/C13H20.C4H10.C2H6/c1-4-8-12(5-2)13-10-7-6-9-11(13)3;1-4(2)3;1-2/h6-7,9-10,12H,4-5,8H2,1-3H3;4H,1-3H3;1-2H3. The van der Waals surface area contributed by atoms with Crippen molar-refractivity contribution in [1.82, 2.24) is 0 Å². The largest absolute Gasteiger partial charge is 0.0683 e. The average Bonchev–Trinajstić information content (AvgIpc) is 2.39. The summed E-state index contributed by atoms with van der Waals surface area (Å²) in [7, 11) is 0. The second-order valence-corrected chi connectivity index (χ2v) is 5.48. The summed E-state index contributed by atoms with van der Waals surface area (Å²) in [6.07, 6.45) is 3.87. The molecule has 0 heterocycles. The fourth-order valence-corrected chi connectivity index (χ4v) is 1.97. The molecule has 0 spiro atoms. The molecule has 0 aliphatic carbocycles. The maximum atomic E-state index is 2.28. The number of aryl methyl sites for hydroxylation is 1. The van der Waals surface area contributed by atoms with Gasteiger partial charge in [-0.1, -0.05) is 79.2 Å². The van der Waals surface area contributed by atoms with E-state index in [1.807, 2.05) is 13.8 Å². The maximum Gasteiger partial charge on any atom is -0.0162 e. The summed E-state index contributed by atoms with van der Waals surface area (Å²) in [6, 6.07) is 8.77. The molecule has 0 aliphatic rings. The Morgan fingerprint density at radius 2 is 1.42 bits per heavy atom. The first-order valence-corrected chi connectivity index (χ1v) is 8.08. The smallest absolute Gasteiger partial charge is 0.0162 e. The SMILES string of the molecule is CC.CC(C)C.CCCC(CC)c1ccccc1C. The molecule has 1 rings (SSSR count). The predicted molar refractivity (Wildman–Crippen MR) is 91.0 cm³/mol. The third-order valence-electron chi connectivity index (χ3n) is 2.76. The second kappa shape index (κ2) is 13.6. The van der Waals surface area contributed by atoms with E-state index in [2.05, 4.69) is 65.8 Å². The van der Waals surface area contributed by atoms with Crippen molar-refractivity contribution in [2.75, 3.05) is 0 Å². The molecule has 19 heavy (non-hydrogen) atoms. The fraction of sp³-hybridized carbons (Fsp3) is 0.684. The molecule has 0 saturated heterocycles. The van der Waals surface area contributed by atoms with E-state index >= 15 is 0 Å². The highest BCUT2D eigenvalue weighted by molar-refractivity contribution is 5.28. The van der Waals surface area contributed by atoms with Gasteiger partial charge in [0, 0.05) is 0 Å². The van der Waals surface area contributed by atoms with E-state index in [4.69, 9.17) is 0 Å². The Morgan fingerprint density at radius 1 is 0.947 bits per heavy atom. The van der Waals surface area contributed by atoms with Crippen LogP contribution >= 0.6 is 0 Å². The van der Waals surface area contributed by atoms with Crippen molar-refractivity contribution in [3.63, 3.8) is 0 Å². The Balaban J connectivity index is 0. The lowest BCUT2D eigenvalue weighted by atomic mass is 9.89. The third kappa shape index (κ3) is 10.8. The van der Waals surface area contributed by atoms with Crippen molar-refractivity contribution < 1.29 is 0 Å². The molecule has 0 nitrogen and oxygen atoms in total. The monoisotopic (exact) mass is 264 g/mol. The van der Waals surface area contributed by atoms with Gasteiger partial charge in [0.25, 0.3) is 0 Å². The minimum atomic E-state index is 0.770. The molecule has 0 N–H and O–H groups in total. The first kappa shape index (κ1) is 20.5. The van der Waals surface area contributed by atoms with E-state index in [-0.39, 0.29) is 0 Å². The summed E-state index contributed by atoms with van der Waals surface area (Å²) in [5, 5.41) is 0. The summed E-state index contributed by atoms with van der Waals surface area (Å²) in [5.74, 6) is 1.60. The minimum absolute atomic E-state index is 0.770. The average molecular weight is 264 g/mol. The molecule has 112 valence electrons. The van der Waals surface area contributed by atoms with Gasteiger partial charge in [0.15, 0.2) is 0 Å². The summed E-state index contributed by atoms with van der Waals surface area (Å²) >= 11 is 0. The Labute approximate surface area is 122 Å². The number of rotatable bonds is 4. The van der Waals surface area contributed by atoms with Crippen LogP contribution in [0.5, 0.6) is 0 Å². The van der Waals surface area contributed by atoms with Gasteiger partial charge < -0.3 is 0 Å². The molecule has 1 aromatic carbocycles. The van der Waals surface area contributed by atoms with Gasteiger partial charge in [-0.3, -0.25) is 0 Å². The molecule has 0 bridgehead atoms. The van der Waals surface area contributed by atoms with Crippen LogP contribution in [0, 0.1) is 12.8 Å². The van der Waals surface area contributed by atoms with E-state index < -0.39 is 0 Å². The van der Waals surface area contributed by atoms with E-state index in [1.54, 1.807) is 5.56 Å². The van der Waals surface area contributed by atoms with Crippen LogP contribution in [0.4, 0.5) is 0 Å². The van der Waals surface area contributed by atoms with Gasteiger partial charge in [-0.2, -0.15) is 0 Å². The van der Waals surface area contributed by atoms with E-state index in [9.17, 15) is 0 Å². The second-order valence-electron chi connectivity index (χ2n) is 5.48. The molecule has 0 aliphatic heterocycles. The summed E-state index contributed by atoms with van der Waals surface area (Å²) < 4.78 is 0. The van der Waals surface area contributed by atoms with Crippen molar-refractivity contribution in [1.29, 1.82) is 0 Å². The zero-order chi connectivity index (χ0) is 15.3. The highest BCUT2D eigenvalue weighted by Gasteiger charge is 2.09.